The molecular formula is C34H35F2N3O4. The number of aromatic nitrogens is 1. The van der Waals surface area contributed by atoms with Gasteiger partial charge in [-0.1, -0.05) is 42.5 Å². The quantitative estimate of drug-likeness (QED) is 0.241. The Kier molecular flexibility index (Phi) is 9.49. The standard InChI is InChI=1S/C34H35F2N3O4/c1-2-43-33(41)21-39-30-14-12-26(36)18-28(30)29-19-27(13-15-31(29)39)38-34(42)24(16-22-6-4-3-5-7-22)17-32(40)37-20-23-8-10-25(35)11-9-23/h3-12,14,18,24,27H,2,13,15-17,19-21H2,1H3,(H,37,40)(H,38,42)/t24?,27-/m0/s1. The van der Waals surface area contributed by atoms with Gasteiger partial charge in [0.15, 0.2) is 0 Å². The van der Waals surface area contributed by atoms with E-state index in [4.69, 9.17) is 4.74 Å². The van der Waals surface area contributed by atoms with Gasteiger partial charge in [0.1, 0.15) is 18.2 Å². The lowest BCUT2D eigenvalue weighted by Crippen LogP contribution is -2.43. The van der Waals surface area contributed by atoms with Crippen LogP contribution in [0.3, 0.4) is 0 Å². The molecular weight excluding hydrogens is 552 g/mol. The SMILES string of the molecule is CCOC(=O)Cn1c2c(c3cc(F)ccc31)C[C@@H](NC(=O)C(CC(=O)NCc1ccc(F)cc1)Cc1ccccc1)CC2. The van der Waals surface area contributed by atoms with Crippen LogP contribution in [-0.4, -0.2) is 35.0 Å². The molecule has 2 atom stereocenters. The van der Waals surface area contributed by atoms with Crippen molar-refractivity contribution in [1.82, 2.24) is 15.2 Å². The van der Waals surface area contributed by atoms with Crippen LogP contribution in [0.25, 0.3) is 10.9 Å². The Labute approximate surface area is 249 Å². The predicted molar refractivity (Wildman–Crippen MR) is 159 cm³/mol. The molecule has 1 aromatic heterocycles. The fourth-order valence-electron chi connectivity index (χ4n) is 5.84. The first-order valence-electron chi connectivity index (χ1n) is 14.6. The van der Waals surface area contributed by atoms with Crippen molar-refractivity contribution in [2.75, 3.05) is 6.61 Å². The molecule has 0 fully saturated rings. The minimum atomic E-state index is -0.611. The van der Waals surface area contributed by atoms with Crippen molar-refractivity contribution >= 4 is 28.7 Å². The highest BCUT2D eigenvalue weighted by molar-refractivity contribution is 5.88. The molecule has 2 amide bonds. The Bertz CT molecular complexity index is 1600. The summed E-state index contributed by atoms with van der Waals surface area (Å²) in [4.78, 5) is 38.9. The summed E-state index contributed by atoms with van der Waals surface area (Å²) in [5.41, 5.74) is 4.31. The number of nitrogens with zero attached hydrogens (tertiary/aromatic N) is 1. The van der Waals surface area contributed by atoms with E-state index < -0.39 is 5.92 Å². The maximum absolute atomic E-state index is 14.3. The van der Waals surface area contributed by atoms with Crippen LogP contribution in [0.4, 0.5) is 8.78 Å². The third-order valence-corrected chi connectivity index (χ3v) is 7.90. The van der Waals surface area contributed by atoms with Crippen LogP contribution in [0, 0.1) is 17.6 Å². The molecule has 0 saturated carbocycles. The van der Waals surface area contributed by atoms with E-state index in [2.05, 4.69) is 10.6 Å². The van der Waals surface area contributed by atoms with Crippen LogP contribution in [-0.2, 0) is 51.5 Å². The molecule has 1 unspecified atom stereocenters. The summed E-state index contributed by atoms with van der Waals surface area (Å²) in [6, 6.07) is 19.8. The summed E-state index contributed by atoms with van der Waals surface area (Å²) in [6.45, 7) is 2.30. The lowest BCUT2D eigenvalue weighted by Gasteiger charge is -2.27. The Morgan fingerprint density at radius 1 is 0.977 bits per heavy atom. The van der Waals surface area contributed by atoms with Gasteiger partial charge in [0.2, 0.25) is 11.8 Å². The largest absolute Gasteiger partial charge is 0.465 e. The topological polar surface area (TPSA) is 89.4 Å². The highest BCUT2D eigenvalue weighted by Crippen LogP contribution is 2.33. The zero-order valence-corrected chi connectivity index (χ0v) is 24.1. The zero-order valence-electron chi connectivity index (χ0n) is 24.1. The molecule has 3 aromatic carbocycles. The molecule has 43 heavy (non-hydrogen) atoms. The molecule has 5 rings (SSSR count). The molecule has 0 saturated heterocycles. The van der Waals surface area contributed by atoms with Crippen molar-refractivity contribution in [1.29, 1.82) is 0 Å². The average Bonchev–Trinajstić information content (AvgIpc) is 3.28. The van der Waals surface area contributed by atoms with Gasteiger partial charge < -0.3 is 19.9 Å². The van der Waals surface area contributed by atoms with Crippen molar-refractivity contribution in [2.45, 2.75) is 58.2 Å². The van der Waals surface area contributed by atoms with E-state index in [-0.39, 0.29) is 61.6 Å². The summed E-state index contributed by atoms with van der Waals surface area (Å²) in [7, 11) is 0. The second kappa shape index (κ2) is 13.6. The summed E-state index contributed by atoms with van der Waals surface area (Å²) in [6.07, 6.45) is 2.08. The van der Waals surface area contributed by atoms with Crippen LogP contribution in [0.5, 0.6) is 0 Å². The number of carbonyl (C=O) groups excluding carboxylic acids is 3. The third-order valence-electron chi connectivity index (χ3n) is 7.90. The van der Waals surface area contributed by atoms with Crippen LogP contribution >= 0.6 is 0 Å². The number of benzene rings is 3. The van der Waals surface area contributed by atoms with Crippen molar-refractivity contribution in [3.05, 3.63) is 107 Å². The number of amides is 2. The highest BCUT2D eigenvalue weighted by Gasteiger charge is 2.30. The van der Waals surface area contributed by atoms with E-state index in [1.54, 1.807) is 25.1 Å². The summed E-state index contributed by atoms with van der Waals surface area (Å²) in [5, 5.41) is 6.72. The molecule has 9 heteroatoms. The Morgan fingerprint density at radius 2 is 1.72 bits per heavy atom. The van der Waals surface area contributed by atoms with Crippen molar-refractivity contribution in [3.63, 3.8) is 0 Å². The maximum atomic E-state index is 14.3. The molecule has 0 spiro atoms. The number of fused-ring (bicyclic) bond motifs is 3. The number of carbonyl (C=O) groups is 3. The number of rotatable bonds is 11. The monoisotopic (exact) mass is 587 g/mol. The Balaban J connectivity index is 1.31. The van der Waals surface area contributed by atoms with Gasteiger partial charge in [0, 0.05) is 35.6 Å². The van der Waals surface area contributed by atoms with Crippen LogP contribution in [0.1, 0.15) is 42.1 Å². The Morgan fingerprint density at radius 3 is 2.47 bits per heavy atom. The van der Waals surface area contributed by atoms with Crippen molar-refractivity contribution in [3.8, 4) is 0 Å². The first-order chi connectivity index (χ1) is 20.8. The number of halogens is 2. The highest BCUT2D eigenvalue weighted by atomic mass is 19.1. The third kappa shape index (κ3) is 7.46. The minimum Gasteiger partial charge on any atom is -0.465 e. The summed E-state index contributed by atoms with van der Waals surface area (Å²) < 4.78 is 34.6. The lowest BCUT2D eigenvalue weighted by molar-refractivity contribution is -0.143. The van der Waals surface area contributed by atoms with E-state index in [1.165, 1.54) is 24.3 Å². The maximum Gasteiger partial charge on any atom is 0.325 e. The van der Waals surface area contributed by atoms with E-state index in [1.807, 2.05) is 34.9 Å². The number of ether oxygens (including phenoxy) is 1. The molecule has 224 valence electrons. The van der Waals surface area contributed by atoms with Gasteiger partial charge in [-0.3, -0.25) is 14.4 Å². The predicted octanol–water partition coefficient (Wildman–Crippen LogP) is 5.02. The molecule has 1 heterocycles. The second-order valence-electron chi connectivity index (χ2n) is 10.9. The molecule has 0 aliphatic heterocycles. The molecule has 4 aromatic rings. The van der Waals surface area contributed by atoms with Crippen molar-refractivity contribution in [2.24, 2.45) is 5.92 Å². The zero-order chi connectivity index (χ0) is 30.3. The van der Waals surface area contributed by atoms with Gasteiger partial charge in [-0.15, -0.1) is 0 Å². The number of esters is 1. The number of hydrogen-bond acceptors (Lipinski definition) is 4. The first kappa shape index (κ1) is 29.9. The number of nitrogens with one attached hydrogen (secondary N) is 2. The first-order valence-corrected chi connectivity index (χ1v) is 14.6. The van der Waals surface area contributed by atoms with Gasteiger partial charge in [-0.25, -0.2) is 8.78 Å². The fraction of sp³-hybridized carbons (Fsp3) is 0.324. The lowest BCUT2D eigenvalue weighted by atomic mass is 9.89. The van der Waals surface area contributed by atoms with E-state index in [9.17, 15) is 23.2 Å². The smallest absolute Gasteiger partial charge is 0.325 e. The average molecular weight is 588 g/mol. The van der Waals surface area contributed by atoms with E-state index >= 15 is 0 Å². The van der Waals surface area contributed by atoms with E-state index in [0.717, 1.165) is 33.3 Å². The van der Waals surface area contributed by atoms with Gasteiger partial charge >= 0.3 is 5.97 Å². The molecule has 2 N–H and O–H groups in total. The molecule has 1 aliphatic carbocycles. The van der Waals surface area contributed by atoms with Gasteiger partial charge in [0.05, 0.1) is 12.5 Å². The van der Waals surface area contributed by atoms with Gasteiger partial charge in [0.25, 0.3) is 0 Å². The second-order valence-corrected chi connectivity index (χ2v) is 10.9. The van der Waals surface area contributed by atoms with Gasteiger partial charge in [-0.05, 0) is 79.6 Å². The normalized spacial score (nSPS) is 15.0. The number of hydrogen-bond donors (Lipinski definition) is 2. The van der Waals surface area contributed by atoms with Crippen molar-refractivity contribution < 1.29 is 27.9 Å². The summed E-state index contributed by atoms with van der Waals surface area (Å²) in [5.74, 6) is -2.19. The van der Waals surface area contributed by atoms with Crippen LogP contribution < -0.4 is 10.6 Å². The van der Waals surface area contributed by atoms with Crippen LogP contribution in [0.2, 0.25) is 0 Å². The molecule has 0 bridgehead atoms. The molecule has 0 radical (unpaired) electrons. The molecule has 7 nitrogen and oxygen atoms in total. The molecule has 1 aliphatic rings. The van der Waals surface area contributed by atoms with E-state index in [0.29, 0.717) is 25.7 Å². The van der Waals surface area contributed by atoms with Gasteiger partial charge in [-0.2, -0.15) is 0 Å². The Hall–Kier alpha value is -4.53. The minimum absolute atomic E-state index is 0.00997. The summed E-state index contributed by atoms with van der Waals surface area (Å²) >= 11 is 0. The fourth-order valence-corrected chi connectivity index (χ4v) is 5.84. The van der Waals surface area contributed by atoms with Crippen LogP contribution in [0.15, 0.2) is 72.8 Å².